The number of likely N-dealkylation sites (tertiary alicyclic amines) is 1. The van der Waals surface area contributed by atoms with Crippen LogP contribution >= 0.6 is 0 Å². The summed E-state index contributed by atoms with van der Waals surface area (Å²) in [5, 5.41) is 20.9. The Hall–Kier alpha value is -1.30. The minimum Gasteiger partial charge on any atom is -0.409 e. The third kappa shape index (κ3) is 1.86. The lowest BCUT2D eigenvalue weighted by atomic mass is 9.67. The summed E-state index contributed by atoms with van der Waals surface area (Å²) in [4.78, 5) is 14.1. The smallest absolute Gasteiger partial charge is 0.236 e. The number of hydrogen-bond acceptors (Lipinski definition) is 4. The molecule has 1 saturated carbocycles. The van der Waals surface area contributed by atoms with Gasteiger partial charge in [0.25, 0.3) is 0 Å². The molecule has 0 radical (unpaired) electrons. The number of aliphatic hydroxyl groups excluding tert-OH is 1. The molecule has 0 aromatic carbocycles. The molecule has 1 aliphatic carbocycles. The van der Waals surface area contributed by atoms with E-state index in [9.17, 15) is 4.79 Å². The molecule has 1 aliphatic heterocycles. The maximum absolute atomic E-state index is 12.4. The van der Waals surface area contributed by atoms with E-state index in [1.54, 1.807) is 4.90 Å². The summed E-state index contributed by atoms with van der Waals surface area (Å²) in [6.45, 7) is 1.35. The van der Waals surface area contributed by atoms with E-state index in [4.69, 9.17) is 16.0 Å². The second-order valence-corrected chi connectivity index (χ2v) is 5.01. The number of nitrogens with zero attached hydrogens (tertiary/aromatic N) is 2. The topological polar surface area (TPSA) is 99.2 Å². The lowest BCUT2D eigenvalue weighted by molar-refractivity contribution is -0.141. The molecule has 0 aromatic rings. The minimum atomic E-state index is -0.779. The third-order valence-electron chi connectivity index (χ3n) is 4.05. The van der Waals surface area contributed by atoms with E-state index in [1.807, 2.05) is 0 Å². The maximum Gasteiger partial charge on any atom is 0.236 e. The fourth-order valence-corrected chi connectivity index (χ4v) is 2.67. The summed E-state index contributed by atoms with van der Waals surface area (Å²) in [5.74, 6) is 0.152. The molecule has 0 bridgehead atoms. The predicted octanol–water partition coefficient (Wildman–Crippen LogP) is -0.256. The molecular weight excluding hydrogens is 222 g/mol. The summed E-state index contributed by atoms with van der Waals surface area (Å²) in [7, 11) is 0. The van der Waals surface area contributed by atoms with E-state index >= 15 is 0 Å². The van der Waals surface area contributed by atoms with Gasteiger partial charge in [0, 0.05) is 25.6 Å². The van der Waals surface area contributed by atoms with Gasteiger partial charge in [0.05, 0.1) is 0 Å². The van der Waals surface area contributed by atoms with Crippen LogP contribution in [0.25, 0.3) is 0 Å². The largest absolute Gasteiger partial charge is 0.409 e. The SMILES string of the molecule is NC(=NO)C1(C(=O)N2CCC(CO)C2)CCC1. The van der Waals surface area contributed by atoms with Crippen molar-refractivity contribution in [1.82, 2.24) is 4.90 Å². The maximum atomic E-state index is 12.4. The van der Waals surface area contributed by atoms with Gasteiger partial charge in [0.1, 0.15) is 5.41 Å². The Kier molecular flexibility index (Phi) is 3.24. The average molecular weight is 241 g/mol. The van der Waals surface area contributed by atoms with Gasteiger partial charge in [0.15, 0.2) is 5.84 Å². The van der Waals surface area contributed by atoms with Crippen molar-refractivity contribution in [2.75, 3.05) is 19.7 Å². The van der Waals surface area contributed by atoms with E-state index in [-0.39, 0.29) is 24.3 Å². The van der Waals surface area contributed by atoms with Gasteiger partial charge in [-0.1, -0.05) is 11.6 Å². The van der Waals surface area contributed by atoms with Crippen molar-refractivity contribution in [3.05, 3.63) is 0 Å². The molecular formula is C11H19N3O3. The van der Waals surface area contributed by atoms with Crippen molar-refractivity contribution in [2.24, 2.45) is 22.2 Å². The highest BCUT2D eigenvalue weighted by Crippen LogP contribution is 2.43. The molecule has 6 nitrogen and oxygen atoms in total. The predicted molar refractivity (Wildman–Crippen MR) is 61.5 cm³/mol. The summed E-state index contributed by atoms with van der Waals surface area (Å²) in [6, 6.07) is 0. The molecule has 2 fully saturated rings. The zero-order chi connectivity index (χ0) is 12.5. The van der Waals surface area contributed by atoms with E-state index < -0.39 is 5.41 Å². The summed E-state index contributed by atoms with van der Waals surface area (Å²) in [6.07, 6.45) is 3.07. The Morgan fingerprint density at radius 2 is 2.24 bits per heavy atom. The van der Waals surface area contributed by atoms with Crippen LogP contribution in [0.3, 0.4) is 0 Å². The number of rotatable bonds is 3. The second-order valence-electron chi connectivity index (χ2n) is 5.01. The number of carbonyl (C=O) groups is 1. The summed E-state index contributed by atoms with van der Waals surface area (Å²) < 4.78 is 0. The molecule has 1 unspecified atom stereocenters. The first-order valence-corrected chi connectivity index (χ1v) is 6.02. The minimum absolute atomic E-state index is 0.0289. The summed E-state index contributed by atoms with van der Waals surface area (Å²) in [5.41, 5.74) is 4.87. The first-order chi connectivity index (χ1) is 8.14. The average Bonchev–Trinajstić information content (AvgIpc) is 2.75. The number of oxime groups is 1. The van der Waals surface area contributed by atoms with Gasteiger partial charge in [-0.3, -0.25) is 4.79 Å². The van der Waals surface area contributed by atoms with E-state index in [0.717, 1.165) is 12.8 Å². The molecule has 96 valence electrons. The summed E-state index contributed by atoms with van der Waals surface area (Å²) >= 11 is 0. The van der Waals surface area contributed by atoms with Crippen LogP contribution in [-0.4, -0.2) is 46.7 Å². The Morgan fingerprint density at radius 1 is 1.53 bits per heavy atom. The Balaban J connectivity index is 2.09. The fraction of sp³-hybridized carbons (Fsp3) is 0.818. The normalized spacial score (nSPS) is 27.9. The Labute approximate surface area is 100 Å². The van der Waals surface area contributed by atoms with E-state index in [1.165, 1.54) is 0 Å². The second kappa shape index (κ2) is 4.52. The van der Waals surface area contributed by atoms with Gasteiger partial charge in [-0.15, -0.1) is 0 Å². The molecule has 1 heterocycles. The molecule has 2 aliphatic rings. The van der Waals surface area contributed by atoms with Crippen LogP contribution in [0, 0.1) is 11.3 Å². The van der Waals surface area contributed by atoms with Crippen molar-refractivity contribution < 1.29 is 15.1 Å². The highest BCUT2D eigenvalue weighted by atomic mass is 16.4. The third-order valence-corrected chi connectivity index (χ3v) is 4.05. The van der Waals surface area contributed by atoms with Gasteiger partial charge in [-0.25, -0.2) is 0 Å². The van der Waals surface area contributed by atoms with Gasteiger partial charge in [0.2, 0.25) is 5.91 Å². The quantitative estimate of drug-likeness (QED) is 0.274. The van der Waals surface area contributed by atoms with Crippen LogP contribution in [0.1, 0.15) is 25.7 Å². The van der Waals surface area contributed by atoms with Crippen molar-refractivity contribution >= 4 is 11.7 Å². The monoisotopic (exact) mass is 241 g/mol. The van der Waals surface area contributed by atoms with Crippen LogP contribution in [0.15, 0.2) is 5.16 Å². The molecule has 1 amide bonds. The lowest BCUT2D eigenvalue weighted by Crippen LogP contribution is -2.54. The zero-order valence-electron chi connectivity index (χ0n) is 9.80. The van der Waals surface area contributed by atoms with Gasteiger partial charge in [-0.05, 0) is 19.3 Å². The Bertz CT molecular complexity index is 339. The Morgan fingerprint density at radius 3 is 2.65 bits per heavy atom. The highest BCUT2D eigenvalue weighted by molar-refractivity contribution is 6.07. The molecule has 17 heavy (non-hydrogen) atoms. The first kappa shape index (κ1) is 12.2. The van der Waals surface area contributed by atoms with Crippen molar-refractivity contribution in [2.45, 2.75) is 25.7 Å². The number of hydrogen-bond donors (Lipinski definition) is 3. The first-order valence-electron chi connectivity index (χ1n) is 6.02. The standard InChI is InChI=1S/C11H19N3O3/c12-9(13-17)11(3-1-4-11)10(16)14-5-2-8(6-14)7-15/h8,15,17H,1-7H2,(H2,12,13). The lowest BCUT2D eigenvalue weighted by Gasteiger charge is -2.41. The van der Waals surface area contributed by atoms with E-state index in [2.05, 4.69) is 5.16 Å². The van der Waals surface area contributed by atoms with Crippen LogP contribution in [0.2, 0.25) is 0 Å². The molecule has 6 heteroatoms. The molecule has 2 rings (SSSR count). The molecule has 4 N–H and O–H groups in total. The molecule has 1 saturated heterocycles. The van der Waals surface area contributed by atoms with E-state index in [0.29, 0.717) is 25.9 Å². The number of amidine groups is 1. The molecule has 0 aromatic heterocycles. The zero-order valence-corrected chi connectivity index (χ0v) is 9.80. The van der Waals surface area contributed by atoms with Gasteiger partial charge < -0.3 is 20.9 Å². The number of aliphatic hydroxyl groups is 1. The number of nitrogens with two attached hydrogens (primary N) is 1. The highest BCUT2D eigenvalue weighted by Gasteiger charge is 2.51. The van der Waals surface area contributed by atoms with Crippen molar-refractivity contribution in [3.63, 3.8) is 0 Å². The van der Waals surface area contributed by atoms with Gasteiger partial charge in [-0.2, -0.15) is 0 Å². The van der Waals surface area contributed by atoms with Crippen LogP contribution in [0.5, 0.6) is 0 Å². The molecule has 0 spiro atoms. The number of carbonyl (C=O) groups excluding carboxylic acids is 1. The van der Waals surface area contributed by atoms with Crippen LogP contribution in [-0.2, 0) is 4.79 Å². The van der Waals surface area contributed by atoms with Gasteiger partial charge >= 0.3 is 0 Å². The van der Waals surface area contributed by atoms with Crippen LogP contribution < -0.4 is 5.73 Å². The van der Waals surface area contributed by atoms with Crippen LogP contribution in [0.4, 0.5) is 0 Å². The number of amides is 1. The van der Waals surface area contributed by atoms with Crippen molar-refractivity contribution in [1.29, 1.82) is 0 Å². The molecule has 1 atom stereocenters. The fourth-order valence-electron chi connectivity index (χ4n) is 2.67. The van der Waals surface area contributed by atoms with Crippen molar-refractivity contribution in [3.8, 4) is 0 Å².